The van der Waals surface area contributed by atoms with Crippen molar-refractivity contribution in [2.45, 2.75) is 38.7 Å². The van der Waals surface area contributed by atoms with Gasteiger partial charge in [-0.1, -0.05) is 6.42 Å². The lowest BCUT2D eigenvalue weighted by molar-refractivity contribution is 0.105. The third-order valence-electron chi connectivity index (χ3n) is 2.92. The average Bonchev–Trinajstić information content (AvgIpc) is 2.62. The number of aryl methyl sites for hydroxylation is 1. The van der Waals surface area contributed by atoms with Gasteiger partial charge in [0.1, 0.15) is 0 Å². The van der Waals surface area contributed by atoms with Gasteiger partial charge in [0, 0.05) is 11.9 Å². The van der Waals surface area contributed by atoms with E-state index < -0.39 is 0 Å². The van der Waals surface area contributed by atoms with Crippen LogP contribution in [-0.2, 0) is 0 Å². The van der Waals surface area contributed by atoms with Gasteiger partial charge < -0.3 is 10.4 Å². The van der Waals surface area contributed by atoms with E-state index in [0.717, 1.165) is 36.6 Å². The molecule has 0 radical (unpaired) electrons. The number of anilines is 1. The van der Waals surface area contributed by atoms with E-state index in [1.165, 1.54) is 6.42 Å². The summed E-state index contributed by atoms with van der Waals surface area (Å²) in [6.07, 6.45) is 4.23. The van der Waals surface area contributed by atoms with E-state index in [1.54, 1.807) is 11.3 Å². The number of nitrogens with one attached hydrogen (secondary N) is 1. The summed E-state index contributed by atoms with van der Waals surface area (Å²) in [6, 6.07) is 0. The zero-order valence-electron chi connectivity index (χ0n) is 9.07. The van der Waals surface area contributed by atoms with E-state index in [1.807, 2.05) is 6.92 Å². The van der Waals surface area contributed by atoms with E-state index in [-0.39, 0.29) is 6.10 Å². The molecule has 1 heterocycles. The predicted octanol–water partition coefficient (Wildman–Crippen LogP) is 2.41. The number of nitrogens with zero attached hydrogens (tertiary/aromatic N) is 1. The molecule has 0 saturated heterocycles. The Morgan fingerprint density at radius 3 is 3.13 bits per heavy atom. The van der Waals surface area contributed by atoms with Gasteiger partial charge in [-0.05, 0) is 32.1 Å². The Kier molecular flexibility index (Phi) is 3.59. The second-order valence-corrected chi connectivity index (χ2v) is 5.22. The van der Waals surface area contributed by atoms with Crippen LogP contribution in [0.3, 0.4) is 0 Å². The zero-order valence-corrected chi connectivity index (χ0v) is 9.89. The molecule has 3 nitrogen and oxygen atoms in total. The zero-order chi connectivity index (χ0) is 10.7. The van der Waals surface area contributed by atoms with Crippen LogP contribution in [0.25, 0.3) is 0 Å². The van der Waals surface area contributed by atoms with Gasteiger partial charge in [-0.2, -0.15) is 0 Å². The molecule has 1 fully saturated rings. The number of aliphatic hydroxyl groups is 1. The minimum atomic E-state index is -0.0800. The van der Waals surface area contributed by atoms with Crippen LogP contribution in [-0.4, -0.2) is 22.7 Å². The fourth-order valence-electron chi connectivity index (χ4n) is 2.11. The molecule has 84 valence electrons. The van der Waals surface area contributed by atoms with Crippen LogP contribution in [0, 0.1) is 12.8 Å². The smallest absolute Gasteiger partial charge is 0.182 e. The van der Waals surface area contributed by atoms with E-state index >= 15 is 0 Å². The van der Waals surface area contributed by atoms with Crippen molar-refractivity contribution in [2.24, 2.45) is 5.92 Å². The van der Waals surface area contributed by atoms with Crippen molar-refractivity contribution in [3.63, 3.8) is 0 Å². The summed E-state index contributed by atoms with van der Waals surface area (Å²) in [5.41, 5.74) is 1.08. The number of hydrogen-bond acceptors (Lipinski definition) is 4. The lowest BCUT2D eigenvalue weighted by Crippen LogP contribution is -2.24. The maximum atomic E-state index is 9.54. The number of aromatic nitrogens is 1. The van der Waals surface area contributed by atoms with Gasteiger partial charge in [0.05, 0.1) is 11.8 Å². The molecule has 15 heavy (non-hydrogen) atoms. The molecule has 1 aliphatic carbocycles. The Labute approximate surface area is 94.5 Å². The van der Waals surface area contributed by atoms with E-state index in [4.69, 9.17) is 0 Å². The van der Waals surface area contributed by atoms with E-state index in [0.29, 0.717) is 5.92 Å². The van der Waals surface area contributed by atoms with Gasteiger partial charge in [0.2, 0.25) is 0 Å². The minimum Gasteiger partial charge on any atom is -0.393 e. The number of rotatable bonds is 3. The molecule has 1 saturated carbocycles. The first-order valence-corrected chi connectivity index (χ1v) is 6.46. The first-order chi connectivity index (χ1) is 7.24. The van der Waals surface area contributed by atoms with Crippen molar-refractivity contribution in [3.05, 3.63) is 11.1 Å². The van der Waals surface area contributed by atoms with Crippen LogP contribution in [0.15, 0.2) is 5.38 Å². The lowest BCUT2D eigenvalue weighted by atomic mass is 9.87. The van der Waals surface area contributed by atoms with E-state index in [2.05, 4.69) is 15.7 Å². The number of thiazole rings is 1. The summed E-state index contributed by atoms with van der Waals surface area (Å²) >= 11 is 1.65. The van der Waals surface area contributed by atoms with Gasteiger partial charge in [-0.3, -0.25) is 0 Å². The highest BCUT2D eigenvalue weighted by molar-refractivity contribution is 7.13. The Hall–Kier alpha value is -0.610. The van der Waals surface area contributed by atoms with Crippen molar-refractivity contribution < 1.29 is 5.11 Å². The molecule has 1 aromatic heterocycles. The standard InChI is InChI=1S/C11H18N2OS/c1-8-7-15-11(13-8)12-6-9-3-2-4-10(14)5-9/h7,9-10,14H,2-6H2,1H3,(H,12,13). The summed E-state index contributed by atoms with van der Waals surface area (Å²) in [4.78, 5) is 4.36. The van der Waals surface area contributed by atoms with Gasteiger partial charge in [0.25, 0.3) is 0 Å². The van der Waals surface area contributed by atoms with Gasteiger partial charge in [-0.25, -0.2) is 4.98 Å². The SMILES string of the molecule is Cc1csc(NCC2CCCC(O)C2)n1. The second kappa shape index (κ2) is 4.94. The molecule has 0 aliphatic heterocycles. The second-order valence-electron chi connectivity index (χ2n) is 4.36. The molecule has 2 unspecified atom stereocenters. The maximum absolute atomic E-state index is 9.54. The topological polar surface area (TPSA) is 45.1 Å². The van der Waals surface area contributed by atoms with Crippen LogP contribution in [0.1, 0.15) is 31.4 Å². The van der Waals surface area contributed by atoms with Gasteiger partial charge >= 0.3 is 0 Å². The molecule has 0 spiro atoms. The predicted molar refractivity (Wildman–Crippen MR) is 63.3 cm³/mol. The molecule has 0 amide bonds. The van der Waals surface area contributed by atoms with Crippen molar-refractivity contribution >= 4 is 16.5 Å². The number of hydrogen-bond donors (Lipinski definition) is 2. The molecular weight excluding hydrogens is 208 g/mol. The largest absolute Gasteiger partial charge is 0.393 e. The summed E-state index contributed by atoms with van der Waals surface area (Å²) in [7, 11) is 0. The van der Waals surface area contributed by atoms with E-state index in [9.17, 15) is 5.11 Å². The fourth-order valence-corrected chi connectivity index (χ4v) is 2.81. The Balaban J connectivity index is 1.77. The highest BCUT2D eigenvalue weighted by Gasteiger charge is 2.19. The van der Waals surface area contributed by atoms with Crippen LogP contribution in [0.5, 0.6) is 0 Å². The Morgan fingerprint density at radius 2 is 2.47 bits per heavy atom. The Morgan fingerprint density at radius 1 is 1.60 bits per heavy atom. The molecule has 2 N–H and O–H groups in total. The average molecular weight is 226 g/mol. The normalized spacial score (nSPS) is 26.5. The monoisotopic (exact) mass is 226 g/mol. The first-order valence-electron chi connectivity index (χ1n) is 5.58. The maximum Gasteiger partial charge on any atom is 0.182 e. The Bertz CT molecular complexity index is 313. The molecular formula is C11H18N2OS. The highest BCUT2D eigenvalue weighted by Crippen LogP contribution is 2.25. The van der Waals surface area contributed by atoms with Crippen molar-refractivity contribution in [1.29, 1.82) is 0 Å². The van der Waals surface area contributed by atoms with Crippen molar-refractivity contribution in [2.75, 3.05) is 11.9 Å². The first kappa shape index (κ1) is 10.9. The summed E-state index contributed by atoms with van der Waals surface area (Å²) < 4.78 is 0. The highest BCUT2D eigenvalue weighted by atomic mass is 32.1. The van der Waals surface area contributed by atoms with Crippen LogP contribution >= 0.6 is 11.3 Å². The molecule has 2 atom stereocenters. The van der Waals surface area contributed by atoms with Crippen LogP contribution in [0.2, 0.25) is 0 Å². The van der Waals surface area contributed by atoms with Crippen molar-refractivity contribution in [1.82, 2.24) is 4.98 Å². The summed E-state index contributed by atoms with van der Waals surface area (Å²) in [5.74, 6) is 0.609. The number of aliphatic hydroxyl groups excluding tert-OH is 1. The van der Waals surface area contributed by atoms with Crippen LogP contribution < -0.4 is 5.32 Å². The van der Waals surface area contributed by atoms with Gasteiger partial charge in [-0.15, -0.1) is 11.3 Å². The fraction of sp³-hybridized carbons (Fsp3) is 0.727. The molecule has 2 rings (SSSR count). The summed E-state index contributed by atoms with van der Waals surface area (Å²) in [5, 5.41) is 16.0. The third kappa shape index (κ3) is 3.18. The quantitative estimate of drug-likeness (QED) is 0.832. The molecule has 1 aliphatic rings. The minimum absolute atomic E-state index is 0.0800. The van der Waals surface area contributed by atoms with Gasteiger partial charge in [0.15, 0.2) is 5.13 Å². The van der Waals surface area contributed by atoms with Crippen LogP contribution in [0.4, 0.5) is 5.13 Å². The summed E-state index contributed by atoms with van der Waals surface area (Å²) in [6.45, 7) is 2.95. The molecule has 4 heteroatoms. The molecule has 0 aromatic carbocycles. The molecule has 0 bridgehead atoms. The lowest BCUT2D eigenvalue weighted by Gasteiger charge is -2.25. The van der Waals surface area contributed by atoms with Crippen molar-refractivity contribution in [3.8, 4) is 0 Å². The molecule has 1 aromatic rings. The third-order valence-corrected chi connectivity index (χ3v) is 3.83.